The minimum Gasteiger partial charge on any atom is -0.301 e. The molecular formula is C16H15ClN4. The smallest absolute Gasteiger partial charge is 0.225 e. The molecule has 2 heterocycles. The van der Waals surface area contributed by atoms with Crippen molar-refractivity contribution in [2.75, 3.05) is 0 Å². The third kappa shape index (κ3) is 2.40. The van der Waals surface area contributed by atoms with Gasteiger partial charge in [-0.1, -0.05) is 24.3 Å². The normalized spacial score (nSPS) is 14.7. The SMILES string of the molecule is Clc1nnc(C2CC2)n1CCc1cccc2cccnc12. The Morgan fingerprint density at radius 1 is 1.14 bits per heavy atom. The van der Waals surface area contributed by atoms with Crippen LogP contribution in [-0.4, -0.2) is 19.7 Å². The van der Waals surface area contributed by atoms with E-state index in [1.165, 1.54) is 23.8 Å². The Morgan fingerprint density at radius 2 is 2.00 bits per heavy atom. The van der Waals surface area contributed by atoms with Gasteiger partial charge in [0.05, 0.1) is 5.52 Å². The fraction of sp³-hybridized carbons (Fsp3) is 0.312. The molecule has 0 spiro atoms. The molecule has 0 saturated heterocycles. The minimum atomic E-state index is 0.491. The van der Waals surface area contributed by atoms with Crippen LogP contribution < -0.4 is 0 Å². The van der Waals surface area contributed by atoms with E-state index in [9.17, 15) is 0 Å². The third-order valence-electron chi connectivity index (χ3n) is 4.00. The number of hydrogen-bond donors (Lipinski definition) is 0. The Labute approximate surface area is 127 Å². The van der Waals surface area contributed by atoms with Gasteiger partial charge in [-0.05, 0) is 42.5 Å². The number of hydrogen-bond acceptors (Lipinski definition) is 3. The van der Waals surface area contributed by atoms with E-state index in [1.54, 1.807) is 0 Å². The van der Waals surface area contributed by atoms with E-state index >= 15 is 0 Å². The molecule has 1 aliphatic rings. The van der Waals surface area contributed by atoms with Crippen LogP contribution in [0.3, 0.4) is 0 Å². The van der Waals surface area contributed by atoms with Gasteiger partial charge in [-0.2, -0.15) is 0 Å². The standard InChI is InChI=1S/C16H15ClN4/c17-16-20-19-15(13-6-7-13)21(16)10-8-12-4-1-3-11-5-2-9-18-14(11)12/h1-5,9,13H,6-8,10H2. The highest BCUT2D eigenvalue weighted by Crippen LogP contribution is 2.39. The second-order valence-electron chi connectivity index (χ2n) is 5.50. The van der Waals surface area contributed by atoms with Gasteiger partial charge in [-0.3, -0.25) is 4.98 Å². The fourth-order valence-electron chi connectivity index (χ4n) is 2.75. The lowest BCUT2D eigenvalue weighted by molar-refractivity contribution is 0.654. The lowest BCUT2D eigenvalue weighted by atomic mass is 10.1. The molecule has 0 atom stereocenters. The number of benzene rings is 1. The summed E-state index contributed by atoms with van der Waals surface area (Å²) in [5.41, 5.74) is 2.30. The summed E-state index contributed by atoms with van der Waals surface area (Å²) in [5, 5.41) is 9.90. The molecule has 5 heteroatoms. The van der Waals surface area contributed by atoms with Crippen molar-refractivity contribution in [3.63, 3.8) is 0 Å². The molecule has 0 aliphatic heterocycles. The van der Waals surface area contributed by atoms with E-state index in [4.69, 9.17) is 11.6 Å². The van der Waals surface area contributed by atoms with Crippen LogP contribution in [0.5, 0.6) is 0 Å². The van der Waals surface area contributed by atoms with Gasteiger partial charge in [0.25, 0.3) is 0 Å². The molecule has 0 N–H and O–H groups in total. The maximum atomic E-state index is 6.17. The molecular weight excluding hydrogens is 284 g/mol. The summed E-state index contributed by atoms with van der Waals surface area (Å²) in [7, 11) is 0. The number of pyridine rings is 1. The maximum Gasteiger partial charge on any atom is 0.225 e. The number of aryl methyl sites for hydroxylation is 1. The van der Waals surface area contributed by atoms with Gasteiger partial charge < -0.3 is 4.57 Å². The summed E-state index contributed by atoms with van der Waals surface area (Å²) in [4.78, 5) is 4.50. The molecule has 2 aromatic heterocycles. The van der Waals surface area contributed by atoms with Gasteiger partial charge in [-0.15, -0.1) is 10.2 Å². The molecule has 1 aliphatic carbocycles. The van der Waals surface area contributed by atoms with Crippen LogP contribution in [0, 0.1) is 0 Å². The average Bonchev–Trinajstić information content (AvgIpc) is 3.29. The summed E-state index contributed by atoms with van der Waals surface area (Å²) in [6.07, 6.45) is 5.12. The van der Waals surface area contributed by atoms with Crippen molar-refractivity contribution < 1.29 is 0 Å². The third-order valence-corrected chi connectivity index (χ3v) is 4.28. The predicted molar refractivity (Wildman–Crippen MR) is 82.5 cm³/mol. The number of nitrogens with zero attached hydrogens (tertiary/aromatic N) is 4. The van der Waals surface area contributed by atoms with Crippen molar-refractivity contribution in [2.24, 2.45) is 0 Å². The van der Waals surface area contributed by atoms with Crippen LogP contribution in [0.25, 0.3) is 10.9 Å². The van der Waals surface area contributed by atoms with Crippen LogP contribution in [0.15, 0.2) is 36.5 Å². The van der Waals surface area contributed by atoms with Gasteiger partial charge in [0.1, 0.15) is 5.82 Å². The van der Waals surface area contributed by atoms with Crippen molar-refractivity contribution in [2.45, 2.75) is 31.7 Å². The maximum absolute atomic E-state index is 6.17. The van der Waals surface area contributed by atoms with E-state index in [-0.39, 0.29) is 0 Å². The number of rotatable bonds is 4. The van der Waals surface area contributed by atoms with Gasteiger partial charge in [-0.25, -0.2) is 0 Å². The van der Waals surface area contributed by atoms with E-state index in [0.29, 0.717) is 11.2 Å². The van der Waals surface area contributed by atoms with Gasteiger partial charge in [0.2, 0.25) is 5.28 Å². The molecule has 1 fully saturated rings. The van der Waals surface area contributed by atoms with Crippen LogP contribution in [0.4, 0.5) is 0 Å². The number of aromatic nitrogens is 4. The summed E-state index contributed by atoms with van der Waals surface area (Å²) in [6.45, 7) is 0.799. The van der Waals surface area contributed by atoms with Gasteiger partial charge >= 0.3 is 0 Å². The molecule has 0 unspecified atom stereocenters. The van der Waals surface area contributed by atoms with Gasteiger partial charge in [0.15, 0.2) is 0 Å². The van der Waals surface area contributed by atoms with Crippen LogP contribution in [0.1, 0.15) is 30.1 Å². The summed E-state index contributed by atoms with van der Waals surface area (Å²) in [6, 6.07) is 10.4. The fourth-order valence-corrected chi connectivity index (χ4v) is 2.96. The molecule has 21 heavy (non-hydrogen) atoms. The Balaban J connectivity index is 1.63. The molecule has 0 amide bonds. The summed E-state index contributed by atoms with van der Waals surface area (Å²) >= 11 is 6.17. The molecule has 1 saturated carbocycles. The molecule has 106 valence electrons. The zero-order valence-corrected chi connectivity index (χ0v) is 12.3. The second kappa shape index (κ2) is 5.11. The van der Waals surface area contributed by atoms with E-state index in [1.807, 2.05) is 16.8 Å². The molecule has 1 aromatic carbocycles. The molecule has 3 aromatic rings. The van der Waals surface area contributed by atoms with Crippen LogP contribution in [-0.2, 0) is 13.0 Å². The Hall–Kier alpha value is -1.94. The first kappa shape index (κ1) is 12.8. The summed E-state index contributed by atoms with van der Waals surface area (Å²) < 4.78 is 2.04. The van der Waals surface area contributed by atoms with E-state index < -0.39 is 0 Å². The van der Waals surface area contributed by atoms with E-state index in [2.05, 4.69) is 39.4 Å². The monoisotopic (exact) mass is 298 g/mol. The first-order valence-corrected chi connectivity index (χ1v) is 7.62. The van der Waals surface area contributed by atoms with Crippen molar-refractivity contribution >= 4 is 22.5 Å². The second-order valence-corrected chi connectivity index (χ2v) is 5.83. The molecule has 0 bridgehead atoms. The van der Waals surface area contributed by atoms with Gasteiger partial charge in [0, 0.05) is 24.0 Å². The largest absolute Gasteiger partial charge is 0.301 e. The van der Waals surface area contributed by atoms with Crippen LogP contribution in [0.2, 0.25) is 5.28 Å². The zero-order valence-electron chi connectivity index (χ0n) is 11.5. The highest BCUT2D eigenvalue weighted by molar-refractivity contribution is 6.28. The zero-order chi connectivity index (χ0) is 14.2. The molecule has 4 nitrogen and oxygen atoms in total. The van der Waals surface area contributed by atoms with Crippen LogP contribution >= 0.6 is 11.6 Å². The summed E-state index contributed by atoms with van der Waals surface area (Å²) in [5.74, 6) is 1.59. The van der Waals surface area contributed by atoms with Crippen molar-refractivity contribution in [1.82, 2.24) is 19.7 Å². The Kier molecular flexibility index (Phi) is 3.11. The highest BCUT2D eigenvalue weighted by Gasteiger charge is 2.29. The van der Waals surface area contributed by atoms with E-state index in [0.717, 1.165) is 24.3 Å². The van der Waals surface area contributed by atoms with Crippen molar-refractivity contribution in [3.05, 3.63) is 53.2 Å². The first-order chi connectivity index (χ1) is 10.3. The quantitative estimate of drug-likeness (QED) is 0.739. The number of para-hydroxylation sites is 1. The molecule has 0 radical (unpaired) electrons. The lowest BCUT2D eigenvalue weighted by Crippen LogP contribution is -2.06. The average molecular weight is 299 g/mol. The number of fused-ring (bicyclic) bond motifs is 1. The Morgan fingerprint density at radius 3 is 2.86 bits per heavy atom. The molecule has 4 rings (SSSR count). The minimum absolute atomic E-state index is 0.491. The predicted octanol–water partition coefficient (Wildman–Crippen LogP) is 3.60. The lowest BCUT2D eigenvalue weighted by Gasteiger charge is -2.09. The first-order valence-electron chi connectivity index (χ1n) is 7.24. The Bertz CT molecular complexity index is 787. The van der Waals surface area contributed by atoms with Crippen molar-refractivity contribution in [1.29, 1.82) is 0 Å². The topological polar surface area (TPSA) is 43.6 Å². The highest BCUT2D eigenvalue weighted by atomic mass is 35.5. The van der Waals surface area contributed by atoms with Crippen molar-refractivity contribution in [3.8, 4) is 0 Å². The number of halogens is 1.